The van der Waals surface area contributed by atoms with Gasteiger partial charge >= 0.3 is 0 Å². The van der Waals surface area contributed by atoms with E-state index in [-0.39, 0.29) is 17.3 Å². The zero-order valence-corrected chi connectivity index (χ0v) is 16.1. The van der Waals surface area contributed by atoms with E-state index < -0.39 is 6.10 Å². The molecule has 0 radical (unpaired) electrons. The lowest BCUT2D eigenvalue weighted by Crippen LogP contribution is -2.37. The Kier molecular flexibility index (Phi) is 6.55. The molecule has 6 heteroatoms. The maximum absolute atomic E-state index is 12.2. The van der Waals surface area contributed by atoms with Crippen LogP contribution in [0.1, 0.15) is 38.3 Å². The number of amides is 1. The molecule has 0 unspecified atom stereocenters. The van der Waals surface area contributed by atoms with Crippen molar-refractivity contribution < 1.29 is 9.53 Å². The molecule has 26 heavy (non-hydrogen) atoms. The second-order valence-corrected chi connectivity index (χ2v) is 6.92. The average Bonchev–Trinajstić information content (AvgIpc) is 2.58. The second-order valence-electron chi connectivity index (χ2n) is 6.92. The number of aryl methyl sites for hydroxylation is 2. The van der Waals surface area contributed by atoms with E-state index in [0.717, 1.165) is 17.5 Å². The van der Waals surface area contributed by atoms with E-state index >= 15 is 0 Å². The van der Waals surface area contributed by atoms with Gasteiger partial charge in [-0.25, -0.2) is 0 Å². The molecule has 0 saturated heterocycles. The monoisotopic (exact) mass is 357 g/mol. The molecule has 1 aromatic carbocycles. The Hall–Kier alpha value is -2.63. The molecule has 1 aromatic heterocycles. The van der Waals surface area contributed by atoms with Gasteiger partial charge < -0.3 is 10.1 Å². The van der Waals surface area contributed by atoms with Crippen LogP contribution in [0.2, 0.25) is 0 Å². The molecule has 2 aromatic rings. The topological polar surface area (TPSA) is 73.2 Å². The lowest BCUT2D eigenvalue weighted by Gasteiger charge is -2.15. The molecule has 0 spiro atoms. The molecule has 1 amide bonds. The Balaban J connectivity index is 2.12. The van der Waals surface area contributed by atoms with Crippen LogP contribution in [0.4, 0.5) is 0 Å². The first-order valence-corrected chi connectivity index (χ1v) is 8.90. The van der Waals surface area contributed by atoms with Gasteiger partial charge in [0.15, 0.2) is 6.10 Å². The van der Waals surface area contributed by atoms with Crippen molar-refractivity contribution in [1.29, 1.82) is 0 Å². The van der Waals surface area contributed by atoms with Gasteiger partial charge in [-0.3, -0.25) is 9.59 Å². The Bertz CT molecular complexity index is 827. The van der Waals surface area contributed by atoms with E-state index in [1.165, 1.54) is 16.8 Å². The minimum atomic E-state index is -0.694. The number of carbonyl (C=O) groups is 1. The number of carbonyl (C=O) groups excluding carboxylic acids is 1. The van der Waals surface area contributed by atoms with Crippen molar-refractivity contribution >= 4 is 5.91 Å². The molecule has 0 bridgehead atoms. The first-order chi connectivity index (χ1) is 12.3. The summed E-state index contributed by atoms with van der Waals surface area (Å²) < 4.78 is 6.90. The van der Waals surface area contributed by atoms with Crippen LogP contribution in [0.15, 0.2) is 35.1 Å². The predicted octanol–water partition coefficient (Wildman–Crippen LogP) is 2.78. The minimum Gasteiger partial charge on any atom is -0.464 e. The molecule has 0 fully saturated rings. The van der Waals surface area contributed by atoms with Crippen molar-refractivity contribution in [2.24, 2.45) is 5.92 Å². The summed E-state index contributed by atoms with van der Waals surface area (Å²) in [6, 6.07) is 8.55. The van der Waals surface area contributed by atoms with E-state index in [1.54, 1.807) is 6.92 Å². The van der Waals surface area contributed by atoms with Crippen molar-refractivity contribution in [3.8, 4) is 11.6 Å². The van der Waals surface area contributed by atoms with Crippen LogP contribution in [0, 0.1) is 19.8 Å². The first kappa shape index (κ1) is 19.7. The normalized spacial score (nSPS) is 12.1. The third-order valence-corrected chi connectivity index (χ3v) is 4.20. The summed E-state index contributed by atoms with van der Waals surface area (Å²) in [5, 5.41) is 7.09. The Morgan fingerprint density at radius 1 is 1.15 bits per heavy atom. The minimum absolute atomic E-state index is 0.198. The molecule has 2 rings (SSSR count). The summed E-state index contributed by atoms with van der Waals surface area (Å²) >= 11 is 0. The summed E-state index contributed by atoms with van der Waals surface area (Å²) in [4.78, 5) is 24.3. The molecule has 0 aliphatic rings. The molecule has 0 saturated carbocycles. The standard InChI is InChI=1S/C20H27N3O3/c1-13(2)10-11-21-20(25)16(5)26-18-8-9-19(24)23(22-18)17-7-6-14(3)15(4)12-17/h6-9,12-13,16H,10-11H2,1-5H3,(H,21,25)/t16-/m0/s1. The Morgan fingerprint density at radius 3 is 2.54 bits per heavy atom. The second kappa shape index (κ2) is 8.65. The molecule has 6 nitrogen and oxygen atoms in total. The average molecular weight is 357 g/mol. The third-order valence-electron chi connectivity index (χ3n) is 4.20. The number of hydrogen-bond donors (Lipinski definition) is 1. The number of benzene rings is 1. The number of nitrogens with one attached hydrogen (secondary N) is 1. The highest BCUT2D eigenvalue weighted by molar-refractivity contribution is 5.80. The van der Waals surface area contributed by atoms with E-state index in [0.29, 0.717) is 18.2 Å². The summed E-state index contributed by atoms with van der Waals surface area (Å²) in [7, 11) is 0. The fourth-order valence-corrected chi connectivity index (χ4v) is 2.36. The van der Waals surface area contributed by atoms with Crippen molar-refractivity contribution in [3.63, 3.8) is 0 Å². The molecule has 1 atom stereocenters. The fourth-order valence-electron chi connectivity index (χ4n) is 2.36. The molecule has 0 aliphatic carbocycles. The van der Waals surface area contributed by atoms with Crippen LogP contribution in [-0.4, -0.2) is 28.3 Å². The van der Waals surface area contributed by atoms with E-state index in [1.807, 2.05) is 32.0 Å². The van der Waals surface area contributed by atoms with Crippen LogP contribution in [-0.2, 0) is 4.79 Å². The van der Waals surface area contributed by atoms with Crippen LogP contribution in [0.25, 0.3) is 5.69 Å². The smallest absolute Gasteiger partial charge is 0.271 e. The first-order valence-electron chi connectivity index (χ1n) is 8.90. The fraction of sp³-hybridized carbons (Fsp3) is 0.450. The summed E-state index contributed by atoms with van der Waals surface area (Å²) in [5.74, 6) is 0.556. The van der Waals surface area contributed by atoms with Gasteiger partial charge in [-0.2, -0.15) is 4.68 Å². The number of aromatic nitrogens is 2. The van der Waals surface area contributed by atoms with Crippen molar-refractivity contribution in [2.75, 3.05) is 6.54 Å². The Morgan fingerprint density at radius 2 is 1.88 bits per heavy atom. The van der Waals surface area contributed by atoms with Crippen LogP contribution < -0.4 is 15.6 Å². The number of nitrogens with zero attached hydrogens (tertiary/aromatic N) is 2. The van der Waals surface area contributed by atoms with Gasteiger partial charge in [0.25, 0.3) is 11.5 Å². The third kappa shape index (κ3) is 5.18. The molecule has 1 heterocycles. The highest BCUT2D eigenvalue weighted by Gasteiger charge is 2.16. The highest BCUT2D eigenvalue weighted by Crippen LogP contribution is 2.13. The van der Waals surface area contributed by atoms with Gasteiger partial charge in [-0.05, 0) is 56.4 Å². The predicted molar refractivity (Wildman–Crippen MR) is 102 cm³/mol. The maximum atomic E-state index is 12.2. The zero-order chi connectivity index (χ0) is 19.3. The van der Waals surface area contributed by atoms with Crippen molar-refractivity contribution in [1.82, 2.24) is 15.1 Å². The molecular formula is C20H27N3O3. The van der Waals surface area contributed by atoms with Gasteiger partial charge in [0.05, 0.1) is 5.69 Å². The van der Waals surface area contributed by atoms with E-state index in [2.05, 4.69) is 24.3 Å². The largest absolute Gasteiger partial charge is 0.464 e. The van der Waals surface area contributed by atoms with Gasteiger partial charge in [-0.15, -0.1) is 5.10 Å². The van der Waals surface area contributed by atoms with Gasteiger partial charge in [0.2, 0.25) is 5.88 Å². The summed E-state index contributed by atoms with van der Waals surface area (Å²) in [6.07, 6.45) is 0.217. The summed E-state index contributed by atoms with van der Waals surface area (Å²) in [6.45, 7) is 10.5. The molecule has 140 valence electrons. The lowest BCUT2D eigenvalue weighted by atomic mass is 10.1. The number of hydrogen-bond acceptors (Lipinski definition) is 4. The Labute approximate surface area is 154 Å². The molecular weight excluding hydrogens is 330 g/mol. The SMILES string of the molecule is Cc1ccc(-n2nc(O[C@@H](C)C(=O)NCCC(C)C)ccc2=O)cc1C. The number of ether oxygens (including phenoxy) is 1. The lowest BCUT2D eigenvalue weighted by molar-refractivity contribution is -0.127. The van der Waals surface area contributed by atoms with Gasteiger partial charge in [0, 0.05) is 18.7 Å². The summed E-state index contributed by atoms with van der Waals surface area (Å²) in [5.41, 5.74) is 2.62. The highest BCUT2D eigenvalue weighted by atomic mass is 16.5. The number of rotatable bonds is 7. The molecule has 1 N–H and O–H groups in total. The van der Waals surface area contributed by atoms with Gasteiger partial charge in [0.1, 0.15) is 0 Å². The van der Waals surface area contributed by atoms with Crippen molar-refractivity contribution in [3.05, 3.63) is 51.8 Å². The van der Waals surface area contributed by atoms with Crippen molar-refractivity contribution in [2.45, 2.75) is 47.1 Å². The van der Waals surface area contributed by atoms with Crippen LogP contribution in [0.3, 0.4) is 0 Å². The van der Waals surface area contributed by atoms with E-state index in [4.69, 9.17) is 4.74 Å². The maximum Gasteiger partial charge on any atom is 0.271 e. The van der Waals surface area contributed by atoms with Crippen LogP contribution >= 0.6 is 0 Å². The quantitative estimate of drug-likeness (QED) is 0.827. The molecule has 0 aliphatic heterocycles. The van der Waals surface area contributed by atoms with E-state index in [9.17, 15) is 9.59 Å². The van der Waals surface area contributed by atoms with Gasteiger partial charge in [-0.1, -0.05) is 19.9 Å². The zero-order valence-electron chi connectivity index (χ0n) is 16.1. The van der Waals surface area contributed by atoms with Crippen LogP contribution in [0.5, 0.6) is 5.88 Å².